The number of methoxy groups -OCH3 is 1. The molecule has 0 aromatic heterocycles. The Morgan fingerprint density at radius 2 is 1.63 bits per heavy atom. The SMILES string of the molecule is COCCOc1cc(C)ccc1NC(=O)C(C)Oc1ccc(-c2ccccc2)cc1. The van der Waals surface area contributed by atoms with E-state index in [2.05, 4.69) is 17.4 Å². The Bertz CT molecular complexity index is 955. The van der Waals surface area contributed by atoms with Crippen LogP contribution in [-0.2, 0) is 9.53 Å². The van der Waals surface area contributed by atoms with Crippen molar-refractivity contribution in [2.24, 2.45) is 0 Å². The number of hydrogen-bond acceptors (Lipinski definition) is 4. The largest absolute Gasteiger partial charge is 0.489 e. The molecule has 3 aromatic carbocycles. The number of anilines is 1. The third-order valence-electron chi connectivity index (χ3n) is 4.58. The van der Waals surface area contributed by atoms with Gasteiger partial charge in [0.2, 0.25) is 0 Å². The first kappa shape index (κ1) is 21.4. The van der Waals surface area contributed by atoms with E-state index in [1.807, 2.05) is 67.6 Å². The Kier molecular flexibility index (Phi) is 7.46. The van der Waals surface area contributed by atoms with Crippen LogP contribution in [0.15, 0.2) is 72.8 Å². The number of hydrogen-bond donors (Lipinski definition) is 1. The van der Waals surface area contributed by atoms with Gasteiger partial charge in [0.25, 0.3) is 5.91 Å². The van der Waals surface area contributed by atoms with Crippen LogP contribution in [0.5, 0.6) is 11.5 Å². The number of ether oxygens (including phenoxy) is 3. The molecule has 5 heteroatoms. The molecule has 3 rings (SSSR count). The quantitative estimate of drug-likeness (QED) is 0.504. The third-order valence-corrected chi connectivity index (χ3v) is 4.58. The molecule has 0 radical (unpaired) electrons. The van der Waals surface area contributed by atoms with E-state index >= 15 is 0 Å². The highest BCUT2D eigenvalue weighted by molar-refractivity contribution is 5.95. The number of aryl methyl sites for hydroxylation is 1. The lowest BCUT2D eigenvalue weighted by Gasteiger charge is -2.17. The van der Waals surface area contributed by atoms with Crippen LogP contribution < -0.4 is 14.8 Å². The second-order valence-corrected chi connectivity index (χ2v) is 6.98. The van der Waals surface area contributed by atoms with Crippen molar-refractivity contribution in [3.63, 3.8) is 0 Å². The average molecular weight is 405 g/mol. The summed E-state index contributed by atoms with van der Waals surface area (Å²) in [4.78, 5) is 12.7. The molecule has 1 unspecified atom stereocenters. The zero-order valence-corrected chi connectivity index (χ0v) is 17.6. The molecule has 0 aliphatic heterocycles. The predicted molar refractivity (Wildman–Crippen MR) is 119 cm³/mol. The molecule has 0 fully saturated rings. The van der Waals surface area contributed by atoms with Crippen LogP contribution in [0.4, 0.5) is 5.69 Å². The molecule has 30 heavy (non-hydrogen) atoms. The molecular formula is C25H27NO4. The van der Waals surface area contributed by atoms with Gasteiger partial charge >= 0.3 is 0 Å². The minimum Gasteiger partial charge on any atom is -0.489 e. The summed E-state index contributed by atoms with van der Waals surface area (Å²) in [6.07, 6.45) is -0.666. The standard InChI is InChI=1S/C25H27NO4/c1-18-9-14-23(24(17-18)29-16-15-28-3)26-25(27)19(2)30-22-12-10-21(11-13-22)20-7-5-4-6-8-20/h4-14,17,19H,15-16H2,1-3H3,(H,26,27). The summed E-state index contributed by atoms with van der Waals surface area (Å²) in [6.45, 7) is 4.57. The van der Waals surface area contributed by atoms with Gasteiger partial charge in [-0.15, -0.1) is 0 Å². The maximum absolute atomic E-state index is 12.7. The zero-order valence-electron chi connectivity index (χ0n) is 17.6. The number of amides is 1. The topological polar surface area (TPSA) is 56.8 Å². The third kappa shape index (κ3) is 5.84. The Morgan fingerprint density at radius 1 is 0.933 bits per heavy atom. The number of nitrogens with one attached hydrogen (secondary N) is 1. The highest BCUT2D eigenvalue weighted by atomic mass is 16.5. The van der Waals surface area contributed by atoms with Gasteiger partial charge in [0.15, 0.2) is 6.10 Å². The van der Waals surface area contributed by atoms with Gasteiger partial charge in [-0.25, -0.2) is 0 Å². The minimum atomic E-state index is -0.666. The maximum atomic E-state index is 12.7. The summed E-state index contributed by atoms with van der Waals surface area (Å²) in [5.74, 6) is 1.00. The van der Waals surface area contributed by atoms with Crippen molar-refractivity contribution in [2.75, 3.05) is 25.6 Å². The van der Waals surface area contributed by atoms with Crippen LogP contribution in [0, 0.1) is 6.92 Å². The highest BCUT2D eigenvalue weighted by Crippen LogP contribution is 2.27. The van der Waals surface area contributed by atoms with E-state index < -0.39 is 6.10 Å². The van der Waals surface area contributed by atoms with Crippen LogP contribution in [0.3, 0.4) is 0 Å². The maximum Gasteiger partial charge on any atom is 0.265 e. The Hall–Kier alpha value is -3.31. The minimum absolute atomic E-state index is 0.248. The molecule has 0 saturated carbocycles. The highest BCUT2D eigenvalue weighted by Gasteiger charge is 2.17. The molecule has 5 nitrogen and oxygen atoms in total. The van der Waals surface area contributed by atoms with Crippen molar-refractivity contribution in [3.8, 4) is 22.6 Å². The van der Waals surface area contributed by atoms with E-state index in [9.17, 15) is 4.79 Å². The van der Waals surface area contributed by atoms with Crippen LogP contribution >= 0.6 is 0 Å². The van der Waals surface area contributed by atoms with E-state index in [1.165, 1.54) is 0 Å². The summed E-state index contributed by atoms with van der Waals surface area (Å²) < 4.78 is 16.6. The molecule has 0 saturated heterocycles. The van der Waals surface area contributed by atoms with Gasteiger partial charge in [0.05, 0.1) is 12.3 Å². The number of carbonyl (C=O) groups excluding carboxylic acids is 1. The molecule has 1 atom stereocenters. The van der Waals surface area contributed by atoms with E-state index in [1.54, 1.807) is 14.0 Å². The van der Waals surface area contributed by atoms with Crippen molar-refractivity contribution in [1.29, 1.82) is 0 Å². The Balaban J connectivity index is 1.62. The van der Waals surface area contributed by atoms with Crippen molar-refractivity contribution in [1.82, 2.24) is 0 Å². The predicted octanol–water partition coefficient (Wildman–Crippen LogP) is 5.09. The van der Waals surface area contributed by atoms with Gasteiger partial charge in [0, 0.05) is 7.11 Å². The van der Waals surface area contributed by atoms with Crippen molar-refractivity contribution < 1.29 is 19.0 Å². The lowest BCUT2D eigenvalue weighted by Crippen LogP contribution is -2.30. The summed E-state index contributed by atoms with van der Waals surface area (Å²) >= 11 is 0. The van der Waals surface area contributed by atoms with E-state index in [-0.39, 0.29) is 5.91 Å². The molecule has 156 valence electrons. The fraction of sp³-hybridized carbons (Fsp3) is 0.240. The summed E-state index contributed by atoms with van der Waals surface area (Å²) in [5.41, 5.74) is 3.88. The summed E-state index contributed by atoms with van der Waals surface area (Å²) in [6, 6.07) is 23.5. The molecule has 0 heterocycles. The van der Waals surface area contributed by atoms with Crippen molar-refractivity contribution in [3.05, 3.63) is 78.4 Å². The molecule has 0 spiro atoms. The first-order chi connectivity index (χ1) is 14.6. The van der Waals surface area contributed by atoms with Crippen molar-refractivity contribution >= 4 is 11.6 Å². The van der Waals surface area contributed by atoms with Gasteiger partial charge in [-0.1, -0.05) is 48.5 Å². The number of carbonyl (C=O) groups is 1. The van der Waals surface area contributed by atoms with Gasteiger partial charge in [-0.3, -0.25) is 4.79 Å². The molecule has 1 N–H and O–H groups in total. The average Bonchev–Trinajstić information content (AvgIpc) is 2.76. The Labute approximate surface area is 177 Å². The summed E-state index contributed by atoms with van der Waals surface area (Å²) in [7, 11) is 1.62. The smallest absolute Gasteiger partial charge is 0.265 e. The number of rotatable bonds is 9. The lowest BCUT2D eigenvalue weighted by atomic mass is 10.1. The van der Waals surface area contributed by atoms with Crippen LogP contribution in [0.2, 0.25) is 0 Å². The summed E-state index contributed by atoms with van der Waals surface area (Å²) in [5, 5.41) is 2.89. The Morgan fingerprint density at radius 3 is 2.33 bits per heavy atom. The number of benzene rings is 3. The molecule has 3 aromatic rings. The first-order valence-electron chi connectivity index (χ1n) is 9.92. The molecule has 0 bridgehead atoms. The fourth-order valence-electron chi connectivity index (χ4n) is 2.94. The van der Waals surface area contributed by atoms with Crippen LogP contribution in [0.25, 0.3) is 11.1 Å². The molecule has 1 amide bonds. The van der Waals surface area contributed by atoms with Gasteiger partial charge in [-0.05, 0) is 54.8 Å². The monoisotopic (exact) mass is 405 g/mol. The second-order valence-electron chi connectivity index (χ2n) is 6.98. The molecule has 0 aliphatic carbocycles. The molecule has 0 aliphatic rings. The normalized spacial score (nSPS) is 11.6. The zero-order chi connectivity index (χ0) is 21.3. The van der Waals surface area contributed by atoms with E-state index in [0.29, 0.717) is 30.4 Å². The van der Waals surface area contributed by atoms with E-state index in [4.69, 9.17) is 14.2 Å². The van der Waals surface area contributed by atoms with Crippen molar-refractivity contribution in [2.45, 2.75) is 20.0 Å². The first-order valence-corrected chi connectivity index (χ1v) is 9.92. The van der Waals surface area contributed by atoms with Gasteiger partial charge < -0.3 is 19.5 Å². The van der Waals surface area contributed by atoms with Crippen LogP contribution in [0.1, 0.15) is 12.5 Å². The second kappa shape index (κ2) is 10.5. The lowest BCUT2D eigenvalue weighted by molar-refractivity contribution is -0.122. The van der Waals surface area contributed by atoms with Gasteiger partial charge in [0.1, 0.15) is 18.1 Å². The van der Waals surface area contributed by atoms with Gasteiger partial charge in [-0.2, -0.15) is 0 Å². The van der Waals surface area contributed by atoms with Crippen LogP contribution in [-0.4, -0.2) is 32.3 Å². The molecular weight excluding hydrogens is 378 g/mol. The fourth-order valence-corrected chi connectivity index (χ4v) is 2.94. The van der Waals surface area contributed by atoms with E-state index in [0.717, 1.165) is 16.7 Å².